The van der Waals surface area contributed by atoms with E-state index in [1.165, 1.54) is 4.90 Å². The molecule has 0 unspecified atom stereocenters. The maximum absolute atomic E-state index is 13.7. The van der Waals surface area contributed by atoms with Crippen LogP contribution in [0.4, 0.5) is 0 Å². The molecule has 1 heterocycles. The molecule has 234 valence electrons. The third-order valence-electron chi connectivity index (χ3n) is 7.35. The Hall–Kier alpha value is -4.08. The Morgan fingerprint density at radius 1 is 0.977 bits per heavy atom. The van der Waals surface area contributed by atoms with Crippen molar-refractivity contribution in [3.05, 3.63) is 60.2 Å². The highest BCUT2D eigenvalue weighted by Crippen LogP contribution is 2.22. The van der Waals surface area contributed by atoms with Crippen molar-refractivity contribution in [3.8, 4) is 11.5 Å². The molecule has 0 radical (unpaired) electrons. The Morgan fingerprint density at radius 3 is 2.30 bits per heavy atom. The molecule has 1 aliphatic rings. The Bertz CT molecular complexity index is 1230. The standard InChI is InChI=1S/C33H46N4O6/c1-22(2)18-24-21-43-29-15-11-10-14-26(29)31(39)35-28(20-30(38)34-27(19-23(3)4)33(41)37(24)6)32(40)36(5)16-17-42-25-12-8-7-9-13-25/h7-15,22-24,27-28H,16-21H2,1-6H3,(H,34,38)(H,35,39)/t24-,27-,28+/m1/s1. The third-order valence-corrected chi connectivity index (χ3v) is 7.35. The SMILES string of the molecule is CC(C)C[C@@H]1COc2ccccc2C(=O)N[C@H](C(=O)N(C)CCOc2ccccc2)CC(=O)N[C@H](CC(C)C)C(=O)N1C. The molecule has 0 saturated heterocycles. The smallest absolute Gasteiger partial charge is 0.255 e. The molecule has 3 atom stereocenters. The number of fused-ring (bicyclic) bond motifs is 1. The van der Waals surface area contributed by atoms with Crippen molar-refractivity contribution < 1.29 is 28.7 Å². The zero-order chi connectivity index (χ0) is 31.5. The average molecular weight is 595 g/mol. The fourth-order valence-electron chi connectivity index (χ4n) is 5.03. The van der Waals surface area contributed by atoms with Crippen LogP contribution in [0, 0.1) is 11.8 Å². The van der Waals surface area contributed by atoms with Crippen LogP contribution in [0.3, 0.4) is 0 Å². The highest BCUT2D eigenvalue weighted by Gasteiger charge is 2.33. The van der Waals surface area contributed by atoms with Gasteiger partial charge >= 0.3 is 0 Å². The first-order valence-electron chi connectivity index (χ1n) is 15.0. The van der Waals surface area contributed by atoms with E-state index < -0.39 is 29.8 Å². The van der Waals surface area contributed by atoms with Crippen LogP contribution >= 0.6 is 0 Å². The number of rotatable bonds is 9. The van der Waals surface area contributed by atoms with Crippen LogP contribution in [0.15, 0.2) is 54.6 Å². The van der Waals surface area contributed by atoms with Gasteiger partial charge in [0.2, 0.25) is 17.7 Å². The largest absolute Gasteiger partial charge is 0.492 e. The molecule has 2 aromatic rings. The third kappa shape index (κ3) is 10.0. The van der Waals surface area contributed by atoms with E-state index in [0.29, 0.717) is 24.3 Å². The Labute approximate surface area is 255 Å². The Morgan fingerprint density at radius 2 is 1.63 bits per heavy atom. The van der Waals surface area contributed by atoms with Gasteiger partial charge in [-0.3, -0.25) is 19.2 Å². The number of likely N-dealkylation sites (N-methyl/N-ethyl adjacent to an activating group) is 2. The number of carbonyl (C=O) groups is 4. The summed E-state index contributed by atoms with van der Waals surface area (Å²) < 4.78 is 11.9. The lowest BCUT2D eigenvalue weighted by molar-refractivity contribution is -0.139. The molecule has 0 fully saturated rings. The second kappa shape index (κ2) is 16.0. The van der Waals surface area contributed by atoms with Crippen LogP contribution in [0.5, 0.6) is 11.5 Å². The summed E-state index contributed by atoms with van der Waals surface area (Å²) in [5.41, 5.74) is 0.239. The summed E-state index contributed by atoms with van der Waals surface area (Å²) in [6, 6.07) is 13.8. The zero-order valence-electron chi connectivity index (χ0n) is 26.2. The summed E-state index contributed by atoms with van der Waals surface area (Å²) in [7, 11) is 3.32. The molecule has 10 heteroatoms. The molecule has 0 aliphatic carbocycles. The number of hydrogen-bond acceptors (Lipinski definition) is 6. The summed E-state index contributed by atoms with van der Waals surface area (Å²) in [5, 5.41) is 5.62. The first kappa shape index (κ1) is 33.4. The highest BCUT2D eigenvalue weighted by molar-refractivity contribution is 6.01. The molecule has 3 rings (SSSR count). The highest BCUT2D eigenvalue weighted by atomic mass is 16.5. The molecule has 0 spiro atoms. The van der Waals surface area contributed by atoms with Crippen molar-refractivity contribution in [1.29, 1.82) is 0 Å². The minimum absolute atomic E-state index is 0.126. The lowest BCUT2D eigenvalue weighted by Crippen LogP contribution is -2.55. The predicted molar refractivity (Wildman–Crippen MR) is 165 cm³/mol. The van der Waals surface area contributed by atoms with Gasteiger partial charge in [0.25, 0.3) is 5.91 Å². The van der Waals surface area contributed by atoms with E-state index in [1.807, 2.05) is 44.2 Å². The lowest BCUT2D eigenvalue weighted by Gasteiger charge is -2.34. The van der Waals surface area contributed by atoms with E-state index in [0.717, 1.165) is 0 Å². The van der Waals surface area contributed by atoms with E-state index in [9.17, 15) is 19.2 Å². The monoisotopic (exact) mass is 594 g/mol. The van der Waals surface area contributed by atoms with E-state index in [4.69, 9.17) is 9.47 Å². The first-order chi connectivity index (χ1) is 20.5. The van der Waals surface area contributed by atoms with Crippen molar-refractivity contribution in [1.82, 2.24) is 20.4 Å². The van der Waals surface area contributed by atoms with Gasteiger partial charge in [0, 0.05) is 14.1 Å². The van der Waals surface area contributed by atoms with E-state index in [1.54, 1.807) is 43.3 Å². The van der Waals surface area contributed by atoms with Gasteiger partial charge in [0.05, 0.1) is 24.6 Å². The normalized spacial score (nSPS) is 20.0. The molecule has 0 saturated carbocycles. The molecule has 2 aromatic carbocycles. The molecule has 1 aliphatic heterocycles. The predicted octanol–water partition coefficient (Wildman–Crippen LogP) is 3.51. The lowest BCUT2D eigenvalue weighted by atomic mass is 9.99. The summed E-state index contributed by atoms with van der Waals surface area (Å²) in [4.78, 5) is 57.3. The van der Waals surface area contributed by atoms with Gasteiger partial charge in [-0.05, 0) is 48.9 Å². The van der Waals surface area contributed by atoms with Crippen molar-refractivity contribution >= 4 is 23.6 Å². The van der Waals surface area contributed by atoms with Crippen LogP contribution < -0.4 is 20.1 Å². The average Bonchev–Trinajstić information content (AvgIpc) is 2.97. The van der Waals surface area contributed by atoms with Crippen LogP contribution in [0.1, 0.15) is 57.3 Å². The molecule has 10 nitrogen and oxygen atoms in total. The summed E-state index contributed by atoms with van der Waals surface area (Å²) in [6.07, 6.45) is 0.767. The van der Waals surface area contributed by atoms with Gasteiger partial charge < -0.3 is 29.9 Å². The van der Waals surface area contributed by atoms with Gasteiger partial charge in [0.15, 0.2) is 0 Å². The van der Waals surface area contributed by atoms with Crippen molar-refractivity contribution in [2.45, 2.75) is 65.1 Å². The topological polar surface area (TPSA) is 117 Å². The fraction of sp³-hybridized carbons (Fsp3) is 0.515. The number of hydrogen-bond donors (Lipinski definition) is 2. The first-order valence-corrected chi connectivity index (χ1v) is 15.0. The van der Waals surface area contributed by atoms with Gasteiger partial charge in [-0.25, -0.2) is 0 Å². The van der Waals surface area contributed by atoms with Crippen LogP contribution in [0.2, 0.25) is 0 Å². The van der Waals surface area contributed by atoms with Crippen LogP contribution in [-0.2, 0) is 14.4 Å². The number of nitrogens with one attached hydrogen (secondary N) is 2. The van der Waals surface area contributed by atoms with E-state index in [2.05, 4.69) is 24.5 Å². The summed E-state index contributed by atoms with van der Waals surface area (Å²) in [5.74, 6) is -0.284. The second-order valence-electron chi connectivity index (χ2n) is 11.9. The van der Waals surface area contributed by atoms with Crippen molar-refractivity contribution in [3.63, 3.8) is 0 Å². The van der Waals surface area contributed by atoms with Gasteiger partial charge in [0.1, 0.15) is 36.8 Å². The van der Waals surface area contributed by atoms with Gasteiger partial charge in [-0.1, -0.05) is 58.0 Å². The summed E-state index contributed by atoms with van der Waals surface area (Å²) >= 11 is 0. The Kier molecular flexibility index (Phi) is 12.4. The quantitative estimate of drug-likeness (QED) is 0.459. The number of para-hydroxylation sites is 2. The Balaban J connectivity index is 1.89. The molecule has 0 bridgehead atoms. The molecule has 0 aromatic heterocycles. The number of nitrogens with zero attached hydrogens (tertiary/aromatic N) is 2. The summed E-state index contributed by atoms with van der Waals surface area (Å²) in [6.45, 7) is 8.73. The number of benzene rings is 2. The molecule has 43 heavy (non-hydrogen) atoms. The minimum atomic E-state index is -1.17. The molecular formula is C33H46N4O6. The van der Waals surface area contributed by atoms with Gasteiger partial charge in [-0.15, -0.1) is 0 Å². The second-order valence-corrected chi connectivity index (χ2v) is 11.9. The van der Waals surface area contributed by atoms with Crippen molar-refractivity contribution in [2.24, 2.45) is 11.8 Å². The van der Waals surface area contributed by atoms with Crippen LogP contribution in [-0.4, -0.2) is 85.4 Å². The molecule has 2 N–H and O–H groups in total. The van der Waals surface area contributed by atoms with Crippen molar-refractivity contribution in [2.75, 3.05) is 33.9 Å². The number of amides is 4. The minimum Gasteiger partial charge on any atom is -0.492 e. The number of ether oxygens (including phenoxy) is 2. The fourth-order valence-corrected chi connectivity index (χ4v) is 5.03. The molecule has 4 amide bonds. The molecular weight excluding hydrogens is 548 g/mol. The van der Waals surface area contributed by atoms with E-state index in [-0.39, 0.29) is 55.5 Å². The zero-order valence-corrected chi connectivity index (χ0v) is 26.2. The number of carbonyl (C=O) groups excluding carboxylic acids is 4. The van der Waals surface area contributed by atoms with Gasteiger partial charge in [-0.2, -0.15) is 0 Å². The van der Waals surface area contributed by atoms with E-state index >= 15 is 0 Å². The van der Waals surface area contributed by atoms with Crippen LogP contribution in [0.25, 0.3) is 0 Å². The maximum Gasteiger partial charge on any atom is 0.255 e. The maximum atomic E-state index is 13.7.